The van der Waals surface area contributed by atoms with Crippen LogP contribution in [0.15, 0.2) is 42.5 Å². The van der Waals surface area contributed by atoms with Gasteiger partial charge in [0.1, 0.15) is 5.75 Å². The summed E-state index contributed by atoms with van der Waals surface area (Å²) in [5.41, 5.74) is 1.89. The Balaban J connectivity index is 2.20. The van der Waals surface area contributed by atoms with E-state index in [0.717, 1.165) is 0 Å². The summed E-state index contributed by atoms with van der Waals surface area (Å²) in [5.74, 6) is -0.355. The molecule has 7 heteroatoms. The molecule has 0 aromatic heterocycles. The molecule has 0 heterocycles. The number of ether oxygens (including phenoxy) is 1. The zero-order valence-electron chi connectivity index (χ0n) is 14.2. The van der Waals surface area contributed by atoms with Gasteiger partial charge in [-0.2, -0.15) is 0 Å². The fraction of sp³-hybridized carbons (Fsp3) is 0.167. The summed E-state index contributed by atoms with van der Waals surface area (Å²) in [7, 11) is 1.48. The average Bonchev–Trinajstić information content (AvgIpc) is 2.54. The summed E-state index contributed by atoms with van der Waals surface area (Å²) in [5, 5.41) is 8.02. The molecule has 3 amide bonds. The third-order valence-corrected chi connectivity index (χ3v) is 3.21. The Kier molecular flexibility index (Phi) is 5.73. The number of anilines is 3. The SMILES string of the molecule is COc1ccc(C(=O)Nc2cccc(NC(C)=O)c2)cc1NC(C)=O. The molecule has 0 radical (unpaired) electrons. The first-order valence-corrected chi connectivity index (χ1v) is 7.53. The molecule has 2 aromatic carbocycles. The lowest BCUT2D eigenvalue weighted by Crippen LogP contribution is -2.14. The van der Waals surface area contributed by atoms with Crippen LogP contribution in [-0.4, -0.2) is 24.8 Å². The van der Waals surface area contributed by atoms with Crippen LogP contribution in [0.2, 0.25) is 0 Å². The molecule has 130 valence electrons. The highest BCUT2D eigenvalue weighted by Gasteiger charge is 2.12. The maximum absolute atomic E-state index is 12.4. The lowest BCUT2D eigenvalue weighted by atomic mass is 10.1. The van der Waals surface area contributed by atoms with Crippen LogP contribution in [0, 0.1) is 0 Å². The topological polar surface area (TPSA) is 96.5 Å². The van der Waals surface area contributed by atoms with Gasteiger partial charge in [-0.3, -0.25) is 14.4 Å². The first-order valence-electron chi connectivity index (χ1n) is 7.53. The molecule has 2 rings (SSSR count). The van der Waals surface area contributed by atoms with Crippen LogP contribution < -0.4 is 20.7 Å². The largest absolute Gasteiger partial charge is 0.495 e. The second-order valence-corrected chi connectivity index (χ2v) is 5.31. The van der Waals surface area contributed by atoms with Gasteiger partial charge in [-0.05, 0) is 36.4 Å². The first-order chi connectivity index (χ1) is 11.9. The van der Waals surface area contributed by atoms with Crippen molar-refractivity contribution in [3.63, 3.8) is 0 Å². The average molecular weight is 341 g/mol. The number of nitrogens with one attached hydrogen (secondary N) is 3. The van der Waals surface area contributed by atoms with Crippen molar-refractivity contribution in [3.8, 4) is 5.75 Å². The van der Waals surface area contributed by atoms with Gasteiger partial charge in [0.05, 0.1) is 12.8 Å². The van der Waals surface area contributed by atoms with E-state index < -0.39 is 0 Å². The van der Waals surface area contributed by atoms with Crippen molar-refractivity contribution in [3.05, 3.63) is 48.0 Å². The number of carbonyl (C=O) groups excluding carboxylic acids is 3. The van der Waals surface area contributed by atoms with Gasteiger partial charge in [0.25, 0.3) is 5.91 Å². The minimum atomic E-state index is -0.353. The van der Waals surface area contributed by atoms with Crippen molar-refractivity contribution in [1.29, 1.82) is 0 Å². The minimum Gasteiger partial charge on any atom is -0.495 e. The van der Waals surface area contributed by atoms with E-state index in [1.807, 2.05) is 0 Å². The van der Waals surface area contributed by atoms with Crippen LogP contribution in [0.1, 0.15) is 24.2 Å². The molecule has 0 unspecified atom stereocenters. The third kappa shape index (κ3) is 5.07. The normalized spacial score (nSPS) is 9.88. The van der Waals surface area contributed by atoms with E-state index in [2.05, 4.69) is 16.0 Å². The molecule has 0 saturated carbocycles. The third-order valence-electron chi connectivity index (χ3n) is 3.21. The van der Waals surface area contributed by atoms with Gasteiger partial charge >= 0.3 is 0 Å². The molecular weight excluding hydrogens is 322 g/mol. The zero-order valence-corrected chi connectivity index (χ0v) is 14.2. The van der Waals surface area contributed by atoms with Gasteiger partial charge in [-0.1, -0.05) is 6.07 Å². The predicted octanol–water partition coefficient (Wildman–Crippen LogP) is 2.86. The summed E-state index contributed by atoms with van der Waals surface area (Å²) in [6, 6.07) is 11.5. The minimum absolute atomic E-state index is 0.196. The van der Waals surface area contributed by atoms with E-state index in [4.69, 9.17) is 4.74 Å². The summed E-state index contributed by atoms with van der Waals surface area (Å²) >= 11 is 0. The van der Waals surface area contributed by atoms with E-state index in [0.29, 0.717) is 28.4 Å². The highest BCUT2D eigenvalue weighted by molar-refractivity contribution is 6.06. The second-order valence-electron chi connectivity index (χ2n) is 5.31. The smallest absolute Gasteiger partial charge is 0.255 e. The molecule has 0 atom stereocenters. The van der Waals surface area contributed by atoms with Crippen LogP contribution >= 0.6 is 0 Å². The van der Waals surface area contributed by atoms with Gasteiger partial charge < -0.3 is 20.7 Å². The van der Waals surface area contributed by atoms with Crippen molar-refractivity contribution in [2.75, 3.05) is 23.1 Å². The van der Waals surface area contributed by atoms with Crippen LogP contribution in [0.5, 0.6) is 5.75 Å². The molecule has 0 bridgehead atoms. The highest BCUT2D eigenvalue weighted by Crippen LogP contribution is 2.26. The lowest BCUT2D eigenvalue weighted by Gasteiger charge is -2.12. The molecule has 0 aliphatic carbocycles. The van der Waals surface area contributed by atoms with Gasteiger partial charge in [-0.15, -0.1) is 0 Å². The van der Waals surface area contributed by atoms with Gasteiger partial charge in [0, 0.05) is 30.8 Å². The quantitative estimate of drug-likeness (QED) is 0.779. The van der Waals surface area contributed by atoms with E-state index in [1.54, 1.807) is 36.4 Å². The van der Waals surface area contributed by atoms with E-state index >= 15 is 0 Å². The van der Waals surface area contributed by atoms with Crippen molar-refractivity contribution in [2.24, 2.45) is 0 Å². The standard InChI is InChI=1S/C18H19N3O4/c1-11(22)19-14-5-4-6-15(10-14)21-18(24)13-7-8-17(25-3)16(9-13)20-12(2)23/h4-10H,1-3H3,(H,19,22)(H,20,23)(H,21,24). The van der Waals surface area contributed by atoms with Crippen molar-refractivity contribution in [2.45, 2.75) is 13.8 Å². The van der Waals surface area contributed by atoms with Crippen molar-refractivity contribution < 1.29 is 19.1 Å². The molecule has 25 heavy (non-hydrogen) atoms. The Hall–Kier alpha value is -3.35. The molecule has 2 aromatic rings. The van der Waals surface area contributed by atoms with Crippen LogP contribution in [0.3, 0.4) is 0 Å². The summed E-state index contributed by atoms with van der Waals surface area (Å²) < 4.78 is 5.17. The molecule has 7 nitrogen and oxygen atoms in total. The number of hydrogen-bond acceptors (Lipinski definition) is 4. The van der Waals surface area contributed by atoms with Crippen LogP contribution in [0.4, 0.5) is 17.1 Å². The number of carbonyl (C=O) groups is 3. The number of benzene rings is 2. The monoisotopic (exact) mass is 341 g/mol. The van der Waals surface area contributed by atoms with Crippen LogP contribution in [0.25, 0.3) is 0 Å². The lowest BCUT2D eigenvalue weighted by molar-refractivity contribution is -0.115. The molecule has 0 spiro atoms. The highest BCUT2D eigenvalue weighted by atomic mass is 16.5. The summed E-state index contributed by atoms with van der Waals surface area (Å²) in [4.78, 5) is 34.8. The zero-order chi connectivity index (χ0) is 18.4. The van der Waals surface area contributed by atoms with Gasteiger partial charge in [0.2, 0.25) is 11.8 Å². The molecule has 0 aliphatic heterocycles. The maximum atomic E-state index is 12.4. The van der Waals surface area contributed by atoms with Gasteiger partial charge in [-0.25, -0.2) is 0 Å². The Morgan fingerprint density at radius 2 is 1.48 bits per heavy atom. The Morgan fingerprint density at radius 3 is 2.08 bits per heavy atom. The fourth-order valence-corrected chi connectivity index (χ4v) is 2.22. The second kappa shape index (κ2) is 7.96. The van der Waals surface area contributed by atoms with Crippen molar-refractivity contribution >= 4 is 34.8 Å². The Morgan fingerprint density at radius 1 is 0.840 bits per heavy atom. The maximum Gasteiger partial charge on any atom is 0.255 e. The molecule has 0 aliphatic rings. The van der Waals surface area contributed by atoms with Crippen molar-refractivity contribution in [1.82, 2.24) is 0 Å². The molecule has 3 N–H and O–H groups in total. The number of amides is 3. The first kappa shape index (κ1) is 18.0. The predicted molar refractivity (Wildman–Crippen MR) is 96.0 cm³/mol. The summed E-state index contributed by atoms with van der Waals surface area (Å²) in [6.07, 6.45) is 0. The Bertz CT molecular complexity index is 818. The number of methoxy groups -OCH3 is 1. The van der Waals surface area contributed by atoms with E-state index in [1.165, 1.54) is 27.0 Å². The number of hydrogen-bond donors (Lipinski definition) is 3. The van der Waals surface area contributed by atoms with Gasteiger partial charge in [0.15, 0.2) is 0 Å². The fourth-order valence-electron chi connectivity index (χ4n) is 2.22. The Labute approximate surface area is 145 Å². The van der Waals surface area contributed by atoms with Crippen LogP contribution in [-0.2, 0) is 9.59 Å². The number of rotatable bonds is 5. The van der Waals surface area contributed by atoms with E-state index in [-0.39, 0.29) is 17.7 Å². The summed E-state index contributed by atoms with van der Waals surface area (Å²) in [6.45, 7) is 2.78. The molecule has 0 saturated heterocycles. The molecule has 0 fully saturated rings. The van der Waals surface area contributed by atoms with E-state index in [9.17, 15) is 14.4 Å². The molecular formula is C18H19N3O4.